The fraction of sp³-hybridized carbons (Fsp3) is 0.500. The average molecular weight is 264 g/mol. The number of sulfone groups is 1. The lowest BCUT2D eigenvalue weighted by molar-refractivity contribution is 0.0692. The number of anilines is 1. The van der Waals surface area contributed by atoms with Crippen LogP contribution < -0.4 is 5.73 Å². The molecule has 3 N–H and O–H groups in total. The van der Waals surface area contributed by atoms with Gasteiger partial charge in [0.05, 0.1) is 0 Å². The Bertz CT molecular complexity index is 530. The van der Waals surface area contributed by atoms with Gasteiger partial charge in [-0.2, -0.15) is 0 Å². The number of aromatic carboxylic acids is 1. The first-order chi connectivity index (χ1) is 7.07. The van der Waals surface area contributed by atoms with Crippen LogP contribution in [0.5, 0.6) is 0 Å². The summed E-state index contributed by atoms with van der Waals surface area (Å²) in [5.74, 6) is -1.26. The van der Waals surface area contributed by atoms with Crippen LogP contribution in [-0.4, -0.2) is 30.7 Å². The third-order valence-corrected chi connectivity index (χ3v) is 5.68. The van der Waals surface area contributed by atoms with Gasteiger partial charge in [-0.25, -0.2) is 18.2 Å². The van der Waals surface area contributed by atoms with E-state index in [1.165, 1.54) is 13.8 Å². The van der Waals surface area contributed by atoms with Crippen LogP contribution in [0.4, 0.5) is 5.00 Å². The van der Waals surface area contributed by atoms with Crippen LogP contribution >= 0.6 is 11.3 Å². The molecule has 0 unspecified atom stereocenters. The van der Waals surface area contributed by atoms with Crippen molar-refractivity contribution in [1.82, 2.24) is 4.98 Å². The van der Waals surface area contributed by atoms with Crippen LogP contribution in [0.3, 0.4) is 0 Å². The molecule has 1 aromatic rings. The molecule has 16 heavy (non-hydrogen) atoms. The highest BCUT2D eigenvalue weighted by molar-refractivity contribution is 7.91. The number of nitrogens with two attached hydrogens (primary N) is 1. The Morgan fingerprint density at radius 1 is 1.50 bits per heavy atom. The summed E-state index contributed by atoms with van der Waals surface area (Å²) in [4.78, 5) is 14.5. The van der Waals surface area contributed by atoms with Crippen molar-refractivity contribution in [2.45, 2.75) is 18.6 Å². The number of rotatable bonds is 3. The minimum Gasteiger partial charge on any atom is -0.476 e. The van der Waals surface area contributed by atoms with Gasteiger partial charge in [0.15, 0.2) is 15.5 Å². The smallest absolute Gasteiger partial charge is 0.357 e. The number of aromatic nitrogens is 1. The summed E-state index contributed by atoms with van der Waals surface area (Å²) >= 11 is 0.883. The van der Waals surface area contributed by atoms with E-state index in [4.69, 9.17) is 10.8 Å². The molecule has 8 heteroatoms. The zero-order valence-electron chi connectivity index (χ0n) is 9.01. The van der Waals surface area contributed by atoms with Crippen LogP contribution in [0, 0.1) is 0 Å². The highest BCUT2D eigenvalue weighted by Crippen LogP contribution is 2.34. The van der Waals surface area contributed by atoms with Crippen LogP contribution in [0.25, 0.3) is 0 Å². The lowest BCUT2D eigenvalue weighted by Crippen LogP contribution is -2.28. The largest absolute Gasteiger partial charge is 0.476 e. The van der Waals surface area contributed by atoms with Gasteiger partial charge in [-0.1, -0.05) is 11.3 Å². The number of nitrogens with zero attached hydrogens (tertiary/aromatic N) is 1. The van der Waals surface area contributed by atoms with Crippen molar-refractivity contribution < 1.29 is 18.3 Å². The highest BCUT2D eigenvalue weighted by atomic mass is 32.2. The molecular formula is C8H12N2O4S2. The van der Waals surface area contributed by atoms with Gasteiger partial charge in [-0.05, 0) is 13.8 Å². The Morgan fingerprint density at radius 3 is 2.31 bits per heavy atom. The number of carbonyl (C=O) groups is 1. The van der Waals surface area contributed by atoms with Crippen molar-refractivity contribution in [2.24, 2.45) is 0 Å². The summed E-state index contributed by atoms with van der Waals surface area (Å²) in [5, 5.41) is 8.96. The van der Waals surface area contributed by atoms with Gasteiger partial charge in [0, 0.05) is 6.26 Å². The van der Waals surface area contributed by atoms with E-state index in [2.05, 4.69) is 4.98 Å². The van der Waals surface area contributed by atoms with Gasteiger partial charge in [0.1, 0.15) is 14.8 Å². The maximum Gasteiger partial charge on any atom is 0.357 e. The fourth-order valence-corrected chi connectivity index (χ4v) is 2.66. The number of carboxylic acids is 1. The van der Waals surface area contributed by atoms with Gasteiger partial charge < -0.3 is 10.8 Å². The summed E-state index contributed by atoms with van der Waals surface area (Å²) in [6.07, 6.45) is 1.07. The van der Waals surface area contributed by atoms with Crippen LogP contribution in [0.2, 0.25) is 0 Å². The second-order valence-electron chi connectivity index (χ2n) is 3.82. The maximum absolute atomic E-state index is 11.5. The number of thiazole rings is 1. The second kappa shape index (κ2) is 3.70. The van der Waals surface area contributed by atoms with Gasteiger partial charge in [-0.15, -0.1) is 0 Å². The monoisotopic (exact) mass is 264 g/mol. The van der Waals surface area contributed by atoms with E-state index in [0.29, 0.717) is 0 Å². The highest BCUT2D eigenvalue weighted by Gasteiger charge is 2.36. The molecule has 0 amide bonds. The average Bonchev–Trinajstić information content (AvgIpc) is 2.45. The lowest BCUT2D eigenvalue weighted by Gasteiger charge is -2.18. The number of hydrogen-bond acceptors (Lipinski definition) is 6. The molecule has 0 saturated carbocycles. The first-order valence-corrected chi connectivity index (χ1v) is 6.98. The molecule has 90 valence electrons. The van der Waals surface area contributed by atoms with E-state index in [1.807, 2.05) is 0 Å². The summed E-state index contributed by atoms with van der Waals surface area (Å²) in [6.45, 7) is 2.93. The molecule has 0 saturated heterocycles. The van der Waals surface area contributed by atoms with E-state index < -0.39 is 20.6 Å². The molecule has 0 aliphatic carbocycles. The fourth-order valence-electron chi connectivity index (χ4n) is 0.901. The van der Waals surface area contributed by atoms with Crippen LogP contribution in [0.15, 0.2) is 0 Å². The summed E-state index contributed by atoms with van der Waals surface area (Å²) in [5.41, 5.74) is 5.17. The molecule has 0 atom stereocenters. The van der Waals surface area contributed by atoms with E-state index in [9.17, 15) is 13.2 Å². The molecule has 0 fully saturated rings. The van der Waals surface area contributed by atoms with Gasteiger partial charge in [0.2, 0.25) is 0 Å². The Kier molecular flexibility index (Phi) is 2.99. The zero-order valence-corrected chi connectivity index (χ0v) is 10.6. The van der Waals surface area contributed by atoms with E-state index in [-0.39, 0.29) is 15.7 Å². The molecular weight excluding hydrogens is 252 g/mol. The molecule has 1 rings (SSSR count). The predicted molar refractivity (Wildman–Crippen MR) is 61.4 cm³/mol. The van der Waals surface area contributed by atoms with Gasteiger partial charge in [-0.3, -0.25) is 0 Å². The standard InChI is InChI=1S/C8H12N2O4S2/c1-8(2,16(3,13)14)7-10-4(6(11)12)5(9)15-7/h9H2,1-3H3,(H,11,12). The third kappa shape index (κ3) is 2.03. The first-order valence-electron chi connectivity index (χ1n) is 4.27. The quantitative estimate of drug-likeness (QED) is 0.831. The van der Waals surface area contributed by atoms with Crippen molar-refractivity contribution in [2.75, 3.05) is 12.0 Å². The maximum atomic E-state index is 11.5. The molecule has 1 aromatic heterocycles. The number of carboxylic acid groups (broad SMARTS) is 1. The second-order valence-corrected chi connectivity index (χ2v) is 7.42. The molecule has 6 nitrogen and oxygen atoms in total. The Labute approximate surface area is 97.0 Å². The minimum absolute atomic E-state index is 0.0132. The van der Waals surface area contributed by atoms with E-state index in [0.717, 1.165) is 17.6 Å². The molecule has 0 aliphatic rings. The lowest BCUT2D eigenvalue weighted by atomic mass is 10.2. The summed E-state index contributed by atoms with van der Waals surface area (Å²) in [7, 11) is -3.39. The predicted octanol–water partition coefficient (Wildman–Crippen LogP) is 0.703. The molecule has 0 aliphatic heterocycles. The van der Waals surface area contributed by atoms with Crippen molar-refractivity contribution in [3.05, 3.63) is 10.7 Å². The zero-order chi connectivity index (χ0) is 12.7. The van der Waals surface area contributed by atoms with Crippen molar-refractivity contribution >= 4 is 32.1 Å². The first kappa shape index (κ1) is 12.9. The van der Waals surface area contributed by atoms with Crippen LogP contribution in [-0.2, 0) is 14.6 Å². The Hall–Kier alpha value is -1.15. The van der Waals surface area contributed by atoms with Gasteiger partial charge >= 0.3 is 5.97 Å². The van der Waals surface area contributed by atoms with Crippen molar-refractivity contribution in [3.8, 4) is 0 Å². The Balaban J connectivity index is 3.37. The van der Waals surface area contributed by atoms with E-state index in [1.54, 1.807) is 0 Å². The minimum atomic E-state index is -3.39. The number of nitrogen functional groups attached to an aromatic ring is 1. The summed E-state index contributed by atoms with van der Waals surface area (Å²) < 4.78 is 21.8. The third-order valence-electron chi connectivity index (χ3n) is 2.30. The van der Waals surface area contributed by atoms with Crippen LogP contribution in [0.1, 0.15) is 29.3 Å². The topological polar surface area (TPSA) is 110 Å². The number of hydrogen-bond donors (Lipinski definition) is 2. The van der Waals surface area contributed by atoms with Crippen molar-refractivity contribution in [3.63, 3.8) is 0 Å². The van der Waals surface area contributed by atoms with E-state index >= 15 is 0 Å². The van der Waals surface area contributed by atoms with Gasteiger partial charge in [0.25, 0.3) is 0 Å². The SMILES string of the molecule is CC(C)(c1nc(C(=O)O)c(N)s1)S(C)(=O)=O. The molecule has 0 aromatic carbocycles. The molecule has 0 radical (unpaired) electrons. The molecule has 1 heterocycles. The van der Waals surface area contributed by atoms with Crippen molar-refractivity contribution in [1.29, 1.82) is 0 Å². The molecule has 0 spiro atoms. The normalized spacial score (nSPS) is 12.7. The Morgan fingerprint density at radius 2 is 2.00 bits per heavy atom. The molecule has 0 bridgehead atoms. The summed E-state index contributed by atoms with van der Waals surface area (Å²) in [6, 6.07) is 0.